The molecule has 0 bridgehead atoms. The number of hydrogen-bond acceptors (Lipinski definition) is 7. The monoisotopic (exact) mass is 412 g/mol. The lowest BCUT2D eigenvalue weighted by Crippen LogP contribution is -2.24. The molecule has 1 unspecified atom stereocenters. The van der Waals surface area contributed by atoms with E-state index in [0.717, 1.165) is 11.8 Å². The van der Waals surface area contributed by atoms with Gasteiger partial charge >= 0.3 is 0 Å². The summed E-state index contributed by atoms with van der Waals surface area (Å²) >= 11 is 1.13. The molecule has 0 radical (unpaired) electrons. The van der Waals surface area contributed by atoms with Gasteiger partial charge in [-0.05, 0) is 49.4 Å². The summed E-state index contributed by atoms with van der Waals surface area (Å²) in [6, 6.07) is 14.2. The Morgan fingerprint density at radius 2 is 2.10 bits per heavy atom. The summed E-state index contributed by atoms with van der Waals surface area (Å²) in [6.07, 6.45) is 0. The van der Waals surface area contributed by atoms with Crippen LogP contribution < -0.4 is 15.9 Å². The maximum absolute atomic E-state index is 12.9. The van der Waals surface area contributed by atoms with Crippen LogP contribution >= 0.6 is 11.8 Å². The summed E-state index contributed by atoms with van der Waals surface area (Å²) in [5.74, 6) is 6.19. The van der Waals surface area contributed by atoms with Crippen molar-refractivity contribution in [3.05, 3.63) is 65.7 Å². The van der Waals surface area contributed by atoms with Crippen LogP contribution in [0.4, 0.5) is 10.1 Å². The second-order valence-electron chi connectivity index (χ2n) is 5.95. The van der Waals surface area contributed by atoms with E-state index in [1.807, 2.05) is 6.07 Å². The molecule has 1 amide bonds. The molecule has 3 N–H and O–H groups in total. The van der Waals surface area contributed by atoms with Crippen molar-refractivity contribution in [3.63, 3.8) is 0 Å². The number of nitrogens with one attached hydrogen (secondary N) is 1. The highest BCUT2D eigenvalue weighted by Crippen LogP contribution is 2.23. The average molecular weight is 412 g/mol. The first kappa shape index (κ1) is 20.2. The Balaban J connectivity index is 1.58. The fourth-order valence-electron chi connectivity index (χ4n) is 2.29. The lowest BCUT2D eigenvalue weighted by atomic mass is 10.2. The zero-order valence-corrected chi connectivity index (χ0v) is 16.2. The number of hydrogen-bond donors (Lipinski definition) is 2. The van der Waals surface area contributed by atoms with Gasteiger partial charge in [-0.2, -0.15) is 5.26 Å². The quantitative estimate of drug-likeness (QED) is 0.452. The first-order valence-electron chi connectivity index (χ1n) is 8.51. The van der Waals surface area contributed by atoms with Crippen LogP contribution in [0, 0.1) is 17.1 Å². The number of benzene rings is 2. The van der Waals surface area contributed by atoms with E-state index in [4.69, 9.17) is 15.8 Å². The first-order chi connectivity index (χ1) is 14.0. The predicted molar refractivity (Wildman–Crippen MR) is 106 cm³/mol. The van der Waals surface area contributed by atoms with E-state index in [1.165, 1.54) is 28.9 Å². The third-order valence-corrected chi connectivity index (χ3v) is 4.88. The predicted octanol–water partition coefficient (Wildman–Crippen LogP) is 2.70. The molecule has 0 saturated heterocycles. The van der Waals surface area contributed by atoms with Gasteiger partial charge in [0.2, 0.25) is 11.1 Å². The topological polar surface area (TPSA) is 119 Å². The number of nitrogens with two attached hydrogens (primary N) is 1. The van der Waals surface area contributed by atoms with Gasteiger partial charge in [0.15, 0.2) is 5.82 Å². The Labute approximate surface area is 170 Å². The van der Waals surface area contributed by atoms with Crippen molar-refractivity contribution in [2.24, 2.45) is 0 Å². The van der Waals surface area contributed by atoms with E-state index in [1.54, 1.807) is 31.2 Å². The normalized spacial score (nSPS) is 11.5. The van der Waals surface area contributed by atoms with Crippen molar-refractivity contribution in [1.82, 2.24) is 14.9 Å². The molecule has 8 nitrogen and oxygen atoms in total. The number of amides is 1. The molecule has 0 aliphatic heterocycles. The standard InChI is InChI=1S/C19H17FN6O2S/c1-12(18(27)23-15-4-2-3-13(9-15)10-21)29-19-25-24-17(26(19)22)11-28-16-7-5-14(20)6-8-16/h2-9,12H,11,22H2,1H3,(H,23,27). The highest BCUT2D eigenvalue weighted by molar-refractivity contribution is 8.00. The largest absolute Gasteiger partial charge is 0.486 e. The van der Waals surface area contributed by atoms with Crippen molar-refractivity contribution in [2.75, 3.05) is 11.2 Å². The molecule has 1 atom stereocenters. The van der Waals surface area contributed by atoms with E-state index >= 15 is 0 Å². The minimum atomic E-state index is -0.516. The van der Waals surface area contributed by atoms with E-state index in [0.29, 0.717) is 28.0 Å². The van der Waals surface area contributed by atoms with Crippen LogP contribution in [0.15, 0.2) is 53.7 Å². The number of rotatable bonds is 7. The molecule has 1 heterocycles. The summed E-state index contributed by atoms with van der Waals surface area (Å²) in [5, 5.41) is 19.5. The molecule has 0 aliphatic rings. The van der Waals surface area contributed by atoms with Gasteiger partial charge in [0.25, 0.3) is 0 Å². The van der Waals surface area contributed by atoms with Gasteiger partial charge in [0.05, 0.1) is 16.9 Å². The molecule has 0 fully saturated rings. The fourth-order valence-corrected chi connectivity index (χ4v) is 3.08. The maximum atomic E-state index is 12.9. The van der Waals surface area contributed by atoms with Crippen molar-refractivity contribution in [2.45, 2.75) is 23.9 Å². The van der Waals surface area contributed by atoms with Gasteiger partial charge in [0.1, 0.15) is 18.2 Å². The summed E-state index contributed by atoms with van der Waals surface area (Å²) in [6.45, 7) is 1.74. The van der Waals surface area contributed by atoms with Gasteiger partial charge in [-0.25, -0.2) is 9.07 Å². The van der Waals surface area contributed by atoms with Crippen LogP contribution in [0.5, 0.6) is 5.75 Å². The molecule has 3 rings (SSSR count). The Hall–Kier alpha value is -3.58. The molecule has 0 aliphatic carbocycles. The Morgan fingerprint density at radius 3 is 2.83 bits per heavy atom. The first-order valence-corrected chi connectivity index (χ1v) is 9.39. The summed E-state index contributed by atoms with van der Waals surface area (Å²) in [4.78, 5) is 12.4. The number of nitriles is 1. The second kappa shape index (κ2) is 9.07. The van der Waals surface area contributed by atoms with Gasteiger partial charge in [-0.15, -0.1) is 10.2 Å². The number of anilines is 1. The number of ether oxygens (including phenoxy) is 1. The van der Waals surface area contributed by atoms with Crippen molar-refractivity contribution < 1.29 is 13.9 Å². The van der Waals surface area contributed by atoms with Crippen molar-refractivity contribution >= 4 is 23.4 Å². The second-order valence-corrected chi connectivity index (χ2v) is 7.26. The molecule has 3 aromatic rings. The number of nitrogen functional groups attached to an aromatic ring is 1. The highest BCUT2D eigenvalue weighted by Gasteiger charge is 2.20. The number of carbonyl (C=O) groups is 1. The van der Waals surface area contributed by atoms with Gasteiger partial charge in [-0.3, -0.25) is 4.79 Å². The van der Waals surface area contributed by atoms with Crippen LogP contribution in [0.25, 0.3) is 0 Å². The SMILES string of the molecule is CC(Sc1nnc(COc2ccc(F)cc2)n1N)C(=O)Nc1cccc(C#N)c1. The Kier molecular flexibility index (Phi) is 6.31. The number of thioether (sulfide) groups is 1. The molecule has 1 aromatic heterocycles. The molecule has 10 heteroatoms. The van der Waals surface area contributed by atoms with Crippen LogP contribution in [0.2, 0.25) is 0 Å². The molecular weight excluding hydrogens is 395 g/mol. The van der Waals surface area contributed by atoms with Crippen LogP contribution in [-0.4, -0.2) is 26.0 Å². The Bertz CT molecular complexity index is 1050. The fraction of sp³-hybridized carbons (Fsp3) is 0.158. The van der Waals surface area contributed by atoms with Crippen molar-refractivity contribution in [1.29, 1.82) is 5.26 Å². The number of halogens is 1. The van der Waals surface area contributed by atoms with Crippen molar-refractivity contribution in [3.8, 4) is 11.8 Å². The van der Waals surface area contributed by atoms with Gasteiger partial charge in [-0.1, -0.05) is 17.8 Å². The number of carbonyl (C=O) groups excluding carboxylic acids is 1. The molecule has 0 saturated carbocycles. The maximum Gasteiger partial charge on any atom is 0.237 e. The van der Waals surface area contributed by atoms with Crippen LogP contribution in [0.1, 0.15) is 18.3 Å². The zero-order chi connectivity index (χ0) is 20.8. The summed E-state index contributed by atoms with van der Waals surface area (Å²) < 4.78 is 19.7. The molecule has 29 heavy (non-hydrogen) atoms. The minimum absolute atomic E-state index is 0.0389. The third kappa shape index (κ3) is 5.24. The van der Waals surface area contributed by atoms with Crippen LogP contribution in [-0.2, 0) is 11.4 Å². The van der Waals surface area contributed by atoms with E-state index < -0.39 is 5.25 Å². The van der Waals surface area contributed by atoms with Gasteiger partial charge < -0.3 is 15.9 Å². The lowest BCUT2D eigenvalue weighted by Gasteiger charge is -2.12. The van der Waals surface area contributed by atoms with E-state index in [-0.39, 0.29) is 18.3 Å². The van der Waals surface area contributed by atoms with Crippen LogP contribution in [0.3, 0.4) is 0 Å². The Morgan fingerprint density at radius 1 is 1.34 bits per heavy atom. The minimum Gasteiger partial charge on any atom is -0.486 e. The highest BCUT2D eigenvalue weighted by atomic mass is 32.2. The number of nitrogens with zero attached hydrogens (tertiary/aromatic N) is 4. The molecule has 148 valence electrons. The van der Waals surface area contributed by atoms with E-state index in [9.17, 15) is 9.18 Å². The summed E-state index contributed by atoms with van der Waals surface area (Å²) in [5.41, 5.74) is 0.986. The zero-order valence-electron chi connectivity index (χ0n) is 15.4. The lowest BCUT2D eigenvalue weighted by molar-refractivity contribution is -0.115. The summed E-state index contributed by atoms with van der Waals surface area (Å²) in [7, 11) is 0. The average Bonchev–Trinajstić information content (AvgIpc) is 3.07. The third-order valence-electron chi connectivity index (χ3n) is 3.83. The smallest absolute Gasteiger partial charge is 0.237 e. The molecular formula is C19H17FN6O2S. The molecule has 0 spiro atoms. The van der Waals surface area contributed by atoms with E-state index in [2.05, 4.69) is 15.5 Å². The number of aromatic nitrogens is 3. The van der Waals surface area contributed by atoms with Gasteiger partial charge in [0, 0.05) is 5.69 Å². The molecule has 2 aromatic carbocycles.